The first kappa shape index (κ1) is 14.2. The number of nitrogens with two attached hydrogens (primary N) is 1. The van der Waals surface area contributed by atoms with Crippen molar-refractivity contribution < 1.29 is 9.47 Å². The molecule has 2 rings (SSSR count). The lowest BCUT2D eigenvalue weighted by Gasteiger charge is -2.25. The molecule has 19 heavy (non-hydrogen) atoms. The van der Waals surface area contributed by atoms with Gasteiger partial charge in [0, 0.05) is 5.56 Å². The van der Waals surface area contributed by atoms with Crippen LogP contribution in [0.1, 0.15) is 37.8 Å². The first-order valence-electron chi connectivity index (χ1n) is 6.87. The van der Waals surface area contributed by atoms with Crippen molar-refractivity contribution in [3.63, 3.8) is 0 Å². The molecule has 0 heterocycles. The van der Waals surface area contributed by atoms with E-state index in [0.29, 0.717) is 5.92 Å². The van der Waals surface area contributed by atoms with Gasteiger partial charge in [-0.2, -0.15) is 0 Å². The lowest BCUT2D eigenvalue weighted by atomic mass is 9.90. The molecular weight excluding hydrogens is 240 g/mol. The van der Waals surface area contributed by atoms with Gasteiger partial charge in [0.15, 0.2) is 0 Å². The van der Waals surface area contributed by atoms with Gasteiger partial charge < -0.3 is 9.47 Å². The highest BCUT2D eigenvalue weighted by Gasteiger charge is 2.31. The van der Waals surface area contributed by atoms with Gasteiger partial charge in [0.2, 0.25) is 0 Å². The molecule has 0 saturated heterocycles. The maximum Gasteiger partial charge on any atom is 0.123 e. The molecule has 3 unspecified atom stereocenters. The van der Waals surface area contributed by atoms with Gasteiger partial charge in [-0.25, -0.2) is 0 Å². The summed E-state index contributed by atoms with van der Waals surface area (Å²) in [4.78, 5) is 0. The minimum atomic E-state index is 0.120. The summed E-state index contributed by atoms with van der Waals surface area (Å²) in [7, 11) is 3.37. The summed E-state index contributed by atoms with van der Waals surface area (Å²) in [5.41, 5.74) is 4.06. The molecule has 0 spiro atoms. The van der Waals surface area contributed by atoms with E-state index >= 15 is 0 Å². The zero-order valence-corrected chi connectivity index (χ0v) is 12.0. The van der Waals surface area contributed by atoms with Gasteiger partial charge in [-0.3, -0.25) is 11.3 Å². The molecule has 4 nitrogen and oxygen atoms in total. The molecule has 1 aromatic rings. The fraction of sp³-hybridized carbons (Fsp3) is 0.600. The number of hydrogen-bond donors (Lipinski definition) is 2. The predicted octanol–water partition coefficient (Wildman–Crippen LogP) is 2.64. The summed E-state index contributed by atoms with van der Waals surface area (Å²) in [5.74, 6) is 8.83. The van der Waals surface area contributed by atoms with Crippen molar-refractivity contribution in [1.82, 2.24) is 5.43 Å². The third kappa shape index (κ3) is 3.01. The number of hydrogen-bond acceptors (Lipinski definition) is 4. The number of rotatable bonds is 5. The monoisotopic (exact) mass is 264 g/mol. The van der Waals surface area contributed by atoms with Crippen molar-refractivity contribution in [2.45, 2.75) is 32.2 Å². The molecule has 0 aromatic heterocycles. The van der Waals surface area contributed by atoms with E-state index in [2.05, 4.69) is 12.3 Å². The Hall–Kier alpha value is -1.26. The van der Waals surface area contributed by atoms with E-state index in [1.807, 2.05) is 18.2 Å². The largest absolute Gasteiger partial charge is 0.497 e. The number of ether oxygens (including phenoxy) is 2. The van der Waals surface area contributed by atoms with Crippen molar-refractivity contribution >= 4 is 0 Å². The third-order valence-electron chi connectivity index (χ3n) is 4.16. The number of hydrazine groups is 1. The maximum atomic E-state index is 5.80. The zero-order chi connectivity index (χ0) is 13.8. The number of benzene rings is 1. The van der Waals surface area contributed by atoms with Crippen LogP contribution in [0.25, 0.3) is 0 Å². The second-order valence-corrected chi connectivity index (χ2v) is 5.43. The number of nitrogens with one attached hydrogen (secondary N) is 1. The molecule has 4 heteroatoms. The van der Waals surface area contributed by atoms with Crippen molar-refractivity contribution in [3.05, 3.63) is 23.8 Å². The van der Waals surface area contributed by atoms with E-state index in [4.69, 9.17) is 15.3 Å². The lowest BCUT2D eigenvalue weighted by molar-refractivity contribution is 0.339. The smallest absolute Gasteiger partial charge is 0.123 e. The second kappa shape index (κ2) is 6.26. The van der Waals surface area contributed by atoms with Crippen LogP contribution >= 0.6 is 0 Å². The molecular formula is C15H24N2O2. The van der Waals surface area contributed by atoms with Crippen molar-refractivity contribution in [1.29, 1.82) is 0 Å². The zero-order valence-electron chi connectivity index (χ0n) is 12.0. The standard InChI is InChI=1S/C15H24N2O2/c1-10-4-5-11(8-10)15(17-16)13-9-12(18-2)6-7-14(13)19-3/h6-7,9-11,15,17H,4-5,8,16H2,1-3H3. The van der Waals surface area contributed by atoms with Gasteiger partial charge in [0.05, 0.1) is 20.3 Å². The van der Waals surface area contributed by atoms with Gasteiger partial charge in [-0.05, 0) is 42.9 Å². The first-order chi connectivity index (χ1) is 9.19. The van der Waals surface area contributed by atoms with Gasteiger partial charge in [-0.15, -0.1) is 0 Å². The minimum absolute atomic E-state index is 0.120. The summed E-state index contributed by atoms with van der Waals surface area (Å²) in [6.07, 6.45) is 3.68. The Bertz CT molecular complexity index is 423. The summed E-state index contributed by atoms with van der Waals surface area (Å²) in [5, 5.41) is 0. The van der Waals surface area contributed by atoms with E-state index in [0.717, 1.165) is 23.0 Å². The molecule has 0 amide bonds. The molecule has 1 saturated carbocycles. The highest BCUT2D eigenvalue weighted by atomic mass is 16.5. The SMILES string of the molecule is COc1ccc(OC)c(C(NN)C2CCC(C)C2)c1. The molecule has 106 valence electrons. The van der Waals surface area contributed by atoms with E-state index < -0.39 is 0 Å². The Morgan fingerprint density at radius 2 is 2.05 bits per heavy atom. The maximum absolute atomic E-state index is 5.80. The molecule has 3 N–H and O–H groups in total. The molecule has 1 aliphatic carbocycles. The normalized spacial score (nSPS) is 24.2. The van der Waals surface area contributed by atoms with Crippen LogP contribution < -0.4 is 20.7 Å². The highest BCUT2D eigenvalue weighted by molar-refractivity contribution is 5.42. The lowest BCUT2D eigenvalue weighted by Crippen LogP contribution is -2.33. The van der Waals surface area contributed by atoms with Crippen LogP contribution in [0.3, 0.4) is 0 Å². The van der Waals surface area contributed by atoms with E-state index in [-0.39, 0.29) is 6.04 Å². The Kier molecular flexibility index (Phi) is 4.66. The van der Waals surface area contributed by atoms with Crippen LogP contribution in [-0.4, -0.2) is 14.2 Å². The van der Waals surface area contributed by atoms with Gasteiger partial charge in [0.25, 0.3) is 0 Å². The first-order valence-corrected chi connectivity index (χ1v) is 6.87. The van der Waals surface area contributed by atoms with Crippen molar-refractivity contribution in [2.24, 2.45) is 17.7 Å². The van der Waals surface area contributed by atoms with Crippen LogP contribution in [0.4, 0.5) is 0 Å². The molecule has 3 atom stereocenters. The second-order valence-electron chi connectivity index (χ2n) is 5.43. The predicted molar refractivity (Wildman–Crippen MR) is 76.1 cm³/mol. The Labute approximate surface area is 115 Å². The van der Waals surface area contributed by atoms with Crippen LogP contribution in [0, 0.1) is 11.8 Å². The average molecular weight is 264 g/mol. The van der Waals surface area contributed by atoms with Crippen molar-refractivity contribution in [3.8, 4) is 11.5 Å². The Morgan fingerprint density at radius 1 is 1.26 bits per heavy atom. The molecule has 0 radical (unpaired) electrons. The van der Waals surface area contributed by atoms with Crippen LogP contribution in [0.15, 0.2) is 18.2 Å². The van der Waals surface area contributed by atoms with Crippen LogP contribution in [-0.2, 0) is 0 Å². The van der Waals surface area contributed by atoms with E-state index in [9.17, 15) is 0 Å². The quantitative estimate of drug-likeness (QED) is 0.634. The highest BCUT2D eigenvalue weighted by Crippen LogP contribution is 2.41. The Balaban J connectivity index is 2.30. The van der Waals surface area contributed by atoms with Crippen molar-refractivity contribution in [2.75, 3.05) is 14.2 Å². The average Bonchev–Trinajstić information content (AvgIpc) is 2.86. The summed E-state index contributed by atoms with van der Waals surface area (Å²) in [6.45, 7) is 2.30. The molecule has 1 aromatic carbocycles. The number of methoxy groups -OCH3 is 2. The fourth-order valence-corrected chi connectivity index (χ4v) is 3.12. The fourth-order valence-electron chi connectivity index (χ4n) is 3.12. The molecule has 0 aliphatic heterocycles. The van der Waals surface area contributed by atoms with Gasteiger partial charge in [-0.1, -0.05) is 13.3 Å². The Morgan fingerprint density at radius 3 is 2.58 bits per heavy atom. The topological polar surface area (TPSA) is 56.5 Å². The molecule has 1 aliphatic rings. The minimum Gasteiger partial charge on any atom is -0.497 e. The molecule has 1 fully saturated rings. The summed E-state index contributed by atoms with van der Waals surface area (Å²) in [6, 6.07) is 5.99. The van der Waals surface area contributed by atoms with E-state index in [1.165, 1.54) is 19.3 Å². The van der Waals surface area contributed by atoms with Crippen LogP contribution in [0.5, 0.6) is 11.5 Å². The summed E-state index contributed by atoms with van der Waals surface area (Å²) < 4.78 is 10.8. The van der Waals surface area contributed by atoms with Gasteiger partial charge in [0.1, 0.15) is 11.5 Å². The summed E-state index contributed by atoms with van der Waals surface area (Å²) >= 11 is 0. The van der Waals surface area contributed by atoms with E-state index in [1.54, 1.807) is 14.2 Å². The third-order valence-corrected chi connectivity index (χ3v) is 4.16. The van der Waals surface area contributed by atoms with Gasteiger partial charge >= 0.3 is 0 Å². The molecule has 0 bridgehead atoms. The van der Waals surface area contributed by atoms with Crippen LogP contribution in [0.2, 0.25) is 0 Å².